The second kappa shape index (κ2) is 6.80. The van der Waals surface area contributed by atoms with Gasteiger partial charge in [0, 0.05) is 33.1 Å². The predicted octanol–water partition coefficient (Wildman–Crippen LogP) is 2.52. The highest BCUT2D eigenvalue weighted by Crippen LogP contribution is 2.24. The summed E-state index contributed by atoms with van der Waals surface area (Å²) in [5.41, 5.74) is 1.76. The first-order valence-corrected chi connectivity index (χ1v) is 7.97. The monoisotopic (exact) mass is 311 g/mol. The molecule has 0 bridgehead atoms. The van der Waals surface area contributed by atoms with Gasteiger partial charge < -0.3 is 9.32 Å². The van der Waals surface area contributed by atoms with E-state index in [1.807, 2.05) is 31.2 Å². The Morgan fingerprint density at radius 2 is 2.00 bits per heavy atom. The summed E-state index contributed by atoms with van der Waals surface area (Å²) in [7, 11) is 0. The van der Waals surface area contributed by atoms with Gasteiger partial charge in [-0.15, -0.1) is 10.2 Å². The summed E-state index contributed by atoms with van der Waals surface area (Å²) in [6.07, 6.45) is 1.04. The number of hydrogen-bond acceptors (Lipinski definition) is 6. The quantitative estimate of drug-likeness (QED) is 0.867. The highest BCUT2D eigenvalue weighted by molar-refractivity contribution is 5.59. The van der Waals surface area contributed by atoms with Crippen molar-refractivity contribution in [1.82, 2.24) is 15.1 Å². The van der Waals surface area contributed by atoms with Crippen molar-refractivity contribution in [3.63, 3.8) is 0 Å². The topological polar surface area (TPSA) is 69.2 Å². The maximum atomic E-state index is 9.30. The third-order valence-electron chi connectivity index (χ3n) is 4.34. The van der Waals surface area contributed by atoms with E-state index in [4.69, 9.17) is 4.42 Å². The van der Waals surface area contributed by atoms with Crippen molar-refractivity contribution in [1.29, 1.82) is 5.26 Å². The molecular weight excluding hydrogens is 290 g/mol. The number of rotatable bonds is 3. The Balaban J connectivity index is 1.71. The van der Waals surface area contributed by atoms with Gasteiger partial charge in [-0.25, -0.2) is 0 Å². The fraction of sp³-hybridized carbons (Fsp3) is 0.471. The SMILES string of the molecule is Cc1nnc([C@@H](C)N2CCCN(c3ccccc3C#N)CC2)o1. The van der Waals surface area contributed by atoms with E-state index in [9.17, 15) is 5.26 Å². The van der Waals surface area contributed by atoms with Crippen LogP contribution in [0.2, 0.25) is 0 Å². The van der Waals surface area contributed by atoms with Gasteiger partial charge >= 0.3 is 0 Å². The van der Waals surface area contributed by atoms with Crippen molar-refractivity contribution in [2.75, 3.05) is 31.1 Å². The molecule has 6 heteroatoms. The van der Waals surface area contributed by atoms with Crippen LogP contribution >= 0.6 is 0 Å². The van der Waals surface area contributed by atoms with Crippen molar-refractivity contribution in [3.8, 4) is 6.07 Å². The fourth-order valence-corrected chi connectivity index (χ4v) is 3.05. The van der Waals surface area contributed by atoms with Gasteiger partial charge in [0.25, 0.3) is 0 Å². The molecule has 2 aromatic rings. The highest BCUT2D eigenvalue weighted by Gasteiger charge is 2.24. The van der Waals surface area contributed by atoms with Crippen molar-refractivity contribution >= 4 is 5.69 Å². The molecule has 0 saturated carbocycles. The van der Waals surface area contributed by atoms with Crippen LogP contribution in [0.1, 0.15) is 36.7 Å². The Morgan fingerprint density at radius 3 is 2.74 bits per heavy atom. The lowest BCUT2D eigenvalue weighted by Gasteiger charge is -2.26. The van der Waals surface area contributed by atoms with E-state index in [2.05, 4.69) is 33.0 Å². The first kappa shape index (κ1) is 15.5. The van der Waals surface area contributed by atoms with Crippen LogP contribution in [-0.2, 0) is 0 Å². The van der Waals surface area contributed by atoms with Crippen LogP contribution in [0, 0.1) is 18.3 Å². The molecule has 0 aliphatic carbocycles. The summed E-state index contributed by atoms with van der Waals surface area (Å²) >= 11 is 0. The summed E-state index contributed by atoms with van der Waals surface area (Å²) in [6.45, 7) is 7.63. The van der Waals surface area contributed by atoms with Crippen LogP contribution in [0.5, 0.6) is 0 Å². The van der Waals surface area contributed by atoms with Crippen LogP contribution in [0.25, 0.3) is 0 Å². The molecule has 120 valence electrons. The molecule has 23 heavy (non-hydrogen) atoms. The van der Waals surface area contributed by atoms with Gasteiger partial charge in [-0.2, -0.15) is 5.26 Å². The maximum absolute atomic E-state index is 9.30. The Hall–Kier alpha value is -2.39. The van der Waals surface area contributed by atoms with Crippen molar-refractivity contribution < 1.29 is 4.42 Å². The zero-order valence-electron chi connectivity index (χ0n) is 13.6. The van der Waals surface area contributed by atoms with Crippen LogP contribution in [0.3, 0.4) is 0 Å². The van der Waals surface area contributed by atoms with Crippen LogP contribution in [0.4, 0.5) is 5.69 Å². The second-order valence-electron chi connectivity index (χ2n) is 5.84. The first-order valence-electron chi connectivity index (χ1n) is 7.97. The second-order valence-corrected chi connectivity index (χ2v) is 5.84. The number of aryl methyl sites for hydroxylation is 1. The lowest BCUT2D eigenvalue weighted by molar-refractivity contribution is 0.194. The molecule has 1 fully saturated rings. The van der Waals surface area contributed by atoms with Gasteiger partial charge in [-0.1, -0.05) is 12.1 Å². The van der Waals surface area contributed by atoms with Crippen LogP contribution in [-0.4, -0.2) is 41.3 Å². The molecule has 3 rings (SSSR count). The third kappa shape index (κ3) is 3.35. The zero-order valence-corrected chi connectivity index (χ0v) is 13.6. The number of nitrogens with zero attached hydrogens (tertiary/aromatic N) is 5. The molecule has 1 atom stereocenters. The van der Waals surface area contributed by atoms with Crippen molar-refractivity contribution in [2.45, 2.75) is 26.3 Å². The van der Waals surface area contributed by atoms with Crippen molar-refractivity contribution in [2.24, 2.45) is 0 Å². The van der Waals surface area contributed by atoms with Gasteiger partial charge in [0.15, 0.2) is 0 Å². The molecule has 0 amide bonds. The Bertz CT molecular complexity index is 705. The van der Waals surface area contributed by atoms with Crippen LogP contribution < -0.4 is 4.90 Å². The van der Waals surface area contributed by atoms with Gasteiger partial charge in [0.1, 0.15) is 6.07 Å². The standard InChI is InChI=1S/C17H21N5O/c1-13(17-20-19-14(2)23-17)21-8-5-9-22(11-10-21)16-7-4-3-6-15(16)12-18/h3-4,6-7,13H,5,8-11H2,1-2H3/t13-/m1/s1. The molecule has 0 N–H and O–H groups in total. The molecular formula is C17H21N5O. The fourth-order valence-electron chi connectivity index (χ4n) is 3.05. The normalized spacial score (nSPS) is 17.5. The molecule has 0 spiro atoms. The number of nitriles is 1. The Morgan fingerprint density at radius 1 is 1.17 bits per heavy atom. The molecule has 2 heterocycles. The smallest absolute Gasteiger partial charge is 0.233 e. The minimum atomic E-state index is 0.113. The van der Waals surface area contributed by atoms with Gasteiger partial charge in [0.2, 0.25) is 11.8 Å². The third-order valence-corrected chi connectivity index (χ3v) is 4.34. The summed E-state index contributed by atoms with van der Waals surface area (Å²) in [5.74, 6) is 1.28. The Labute approximate surface area is 136 Å². The first-order chi connectivity index (χ1) is 11.2. The van der Waals surface area contributed by atoms with E-state index in [0.29, 0.717) is 11.8 Å². The van der Waals surface area contributed by atoms with Crippen LogP contribution in [0.15, 0.2) is 28.7 Å². The average molecular weight is 311 g/mol. The maximum Gasteiger partial charge on any atom is 0.233 e. The van der Waals surface area contributed by atoms with Gasteiger partial charge in [-0.3, -0.25) is 4.90 Å². The lowest BCUT2D eigenvalue weighted by Crippen LogP contribution is -2.33. The molecule has 1 saturated heterocycles. The van der Waals surface area contributed by atoms with E-state index in [1.54, 1.807) is 0 Å². The molecule has 1 aliphatic rings. The van der Waals surface area contributed by atoms with Crippen molar-refractivity contribution in [3.05, 3.63) is 41.6 Å². The molecule has 0 radical (unpaired) electrons. The van der Waals surface area contributed by atoms with E-state index in [1.165, 1.54) is 0 Å². The highest BCUT2D eigenvalue weighted by atomic mass is 16.4. The van der Waals surface area contributed by atoms with E-state index in [-0.39, 0.29) is 6.04 Å². The van der Waals surface area contributed by atoms with E-state index >= 15 is 0 Å². The largest absolute Gasteiger partial charge is 0.424 e. The average Bonchev–Trinajstić information content (AvgIpc) is 2.87. The number of benzene rings is 1. The molecule has 1 aromatic carbocycles. The number of para-hydroxylation sites is 1. The number of aromatic nitrogens is 2. The van der Waals surface area contributed by atoms with Gasteiger partial charge in [-0.05, 0) is 25.5 Å². The number of hydrogen-bond donors (Lipinski definition) is 0. The minimum absolute atomic E-state index is 0.113. The van der Waals surface area contributed by atoms with E-state index in [0.717, 1.165) is 43.9 Å². The summed E-state index contributed by atoms with van der Waals surface area (Å²) in [4.78, 5) is 4.66. The minimum Gasteiger partial charge on any atom is -0.424 e. The predicted molar refractivity (Wildman–Crippen MR) is 87.0 cm³/mol. The summed E-state index contributed by atoms with van der Waals surface area (Å²) in [6, 6.07) is 10.2. The number of anilines is 1. The van der Waals surface area contributed by atoms with Gasteiger partial charge in [0.05, 0.1) is 17.3 Å². The Kier molecular flexibility index (Phi) is 4.58. The summed E-state index contributed by atoms with van der Waals surface area (Å²) < 4.78 is 5.57. The summed E-state index contributed by atoms with van der Waals surface area (Å²) in [5, 5.41) is 17.4. The molecule has 1 aliphatic heterocycles. The zero-order chi connectivity index (χ0) is 16.2. The lowest BCUT2D eigenvalue weighted by atomic mass is 10.1. The molecule has 6 nitrogen and oxygen atoms in total. The van der Waals surface area contributed by atoms with E-state index < -0.39 is 0 Å². The molecule has 1 aromatic heterocycles. The molecule has 0 unspecified atom stereocenters.